The lowest BCUT2D eigenvalue weighted by molar-refractivity contribution is -0.131. The van der Waals surface area contributed by atoms with Gasteiger partial charge in [0.25, 0.3) is 0 Å². The van der Waals surface area contributed by atoms with Gasteiger partial charge in [-0.2, -0.15) is 5.26 Å². The summed E-state index contributed by atoms with van der Waals surface area (Å²) >= 11 is 0. The fraction of sp³-hybridized carbons (Fsp3) is 0.462. The van der Waals surface area contributed by atoms with Crippen LogP contribution in [0.25, 0.3) is 6.08 Å². The van der Waals surface area contributed by atoms with Crippen LogP contribution < -0.4 is 5.32 Å². The summed E-state index contributed by atoms with van der Waals surface area (Å²) in [7, 11) is 0. The van der Waals surface area contributed by atoms with E-state index in [0.717, 1.165) is 24.0 Å². The number of nitriles is 1. The molecule has 0 aromatic heterocycles. The normalized spacial score (nSPS) is 15.1. The van der Waals surface area contributed by atoms with Gasteiger partial charge >= 0.3 is 0 Å². The second-order valence-electron chi connectivity index (χ2n) is 8.07. The second-order valence-corrected chi connectivity index (χ2v) is 8.07. The number of nitrogens with one attached hydrogen (secondary N) is 1. The van der Waals surface area contributed by atoms with Crippen LogP contribution in [-0.2, 0) is 11.3 Å². The van der Waals surface area contributed by atoms with Crippen molar-refractivity contribution in [1.29, 1.82) is 5.26 Å². The fourth-order valence-corrected chi connectivity index (χ4v) is 3.15. The van der Waals surface area contributed by atoms with Crippen LogP contribution in [0.5, 0.6) is 0 Å². The molecule has 3 atom stereocenters. The van der Waals surface area contributed by atoms with E-state index in [1.807, 2.05) is 44.2 Å². The van der Waals surface area contributed by atoms with E-state index in [-0.39, 0.29) is 11.8 Å². The lowest BCUT2D eigenvalue weighted by Gasteiger charge is -2.28. The Hall–Kier alpha value is -2.60. The van der Waals surface area contributed by atoms with Gasteiger partial charge in [-0.05, 0) is 49.1 Å². The lowest BCUT2D eigenvalue weighted by Crippen LogP contribution is -2.39. The van der Waals surface area contributed by atoms with Gasteiger partial charge in [-0.1, -0.05) is 75.9 Å². The summed E-state index contributed by atoms with van der Waals surface area (Å²) in [4.78, 5) is 12.9. The van der Waals surface area contributed by atoms with Crippen molar-refractivity contribution >= 4 is 12.0 Å². The largest absolute Gasteiger partial charge is 0.352 e. The number of allylic oxidation sites excluding steroid dienone is 3. The topological polar surface area (TPSA) is 52.9 Å². The number of rotatable bonds is 13. The molecule has 0 spiro atoms. The molecule has 0 bridgehead atoms. The molecule has 29 heavy (non-hydrogen) atoms. The molecule has 1 rings (SSSR count). The zero-order valence-corrected chi connectivity index (χ0v) is 18.3. The standard InChI is InChI=1S/C26H36N2O/c1-6-21(4)12-10-9-11-13-24(19-27)18-26(5,8-3)25(29)28-20-23-16-14-22(7-2)15-17-23/h6-7,9,11,14-17,21,24H,1-2,8,10,12-13,18,20H2,3-5H3,(H,28,29)/b11-9+. The number of benzene rings is 1. The van der Waals surface area contributed by atoms with Crippen LogP contribution in [0.2, 0.25) is 0 Å². The number of hydrogen-bond acceptors (Lipinski definition) is 2. The molecule has 0 aliphatic rings. The zero-order chi connectivity index (χ0) is 21.7. The summed E-state index contributed by atoms with van der Waals surface area (Å²) in [6, 6.07) is 10.4. The van der Waals surface area contributed by atoms with Gasteiger partial charge in [-0.15, -0.1) is 6.58 Å². The van der Waals surface area contributed by atoms with Crippen molar-refractivity contribution in [3.63, 3.8) is 0 Å². The lowest BCUT2D eigenvalue weighted by atomic mass is 9.77. The molecule has 0 radical (unpaired) electrons. The van der Waals surface area contributed by atoms with E-state index in [9.17, 15) is 10.1 Å². The fourth-order valence-electron chi connectivity index (χ4n) is 3.15. The average molecular weight is 393 g/mol. The summed E-state index contributed by atoms with van der Waals surface area (Å²) in [5.74, 6) is 0.356. The van der Waals surface area contributed by atoms with Crippen LogP contribution in [-0.4, -0.2) is 5.91 Å². The van der Waals surface area contributed by atoms with Crippen molar-refractivity contribution in [2.75, 3.05) is 0 Å². The summed E-state index contributed by atoms with van der Waals surface area (Å²) < 4.78 is 0. The van der Waals surface area contributed by atoms with Crippen LogP contribution in [0.15, 0.2) is 55.7 Å². The molecule has 3 heteroatoms. The van der Waals surface area contributed by atoms with Crippen molar-refractivity contribution in [3.8, 4) is 6.07 Å². The predicted molar refractivity (Wildman–Crippen MR) is 123 cm³/mol. The minimum Gasteiger partial charge on any atom is -0.352 e. The van der Waals surface area contributed by atoms with Gasteiger partial charge in [-0.25, -0.2) is 0 Å². The zero-order valence-electron chi connectivity index (χ0n) is 18.3. The van der Waals surface area contributed by atoms with Crippen LogP contribution >= 0.6 is 0 Å². The van der Waals surface area contributed by atoms with E-state index in [1.54, 1.807) is 6.08 Å². The van der Waals surface area contributed by atoms with Gasteiger partial charge < -0.3 is 5.32 Å². The predicted octanol–water partition coefficient (Wildman–Crippen LogP) is 6.44. The van der Waals surface area contributed by atoms with E-state index >= 15 is 0 Å². The maximum Gasteiger partial charge on any atom is 0.226 e. The first-order chi connectivity index (χ1) is 13.9. The van der Waals surface area contributed by atoms with Gasteiger partial charge in [0.15, 0.2) is 0 Å². The van der Waals surface area contributed by atoms with Crippen LogP contribution in [0.4, 0.5) is 0 Å². The van der Waals surface area contributed by atoms with Crippen LogP contribution in [0.1, 0.15) is 64.0 Å². The average Bonchev–Trinajstić information content (AvgIpc) is 2.76. The molecule has 0 aliphatic heterocycles. The van der Waals surface area contributed by atoms with Crippen molar-refractivity contribution in [2.45, 2.75) is 59.4 Å². The molecule has 1 aromatic rings. The molecule has 0 fully saturated rings. The van der Waals surface area contributed by atoms with Gasteiger partial charge in [0.1, 0.15) is 0 Å². The monoisotopic (exact) mass is 392 g/mol. The number of nitrogens with zero attached hydrogens (tertiary/aromatic N) is 1. The number of amides is 1. The third kappa shape index (κ3) is 8.52. The SMILES string of the molecule is C=Cc1ccc(CNC(=O)C(C)(CC)CC(C#N)C/C=C/CCC(C)C=C)cc1. The molecule has 3 unspecified atom stereocenters. The Morgan fingerprint density at radius 2 is 1.97 bits per heavy atom. The maximum absolute atomic E-state index is 12.9. The first kappa shape index (κ1) is 24.4. The van der Waals surface area contributed by atoms with Crippen molar-refractivity contribution in [2.24, 2.45) is 17.3 Å². The molecule has 156 valence electrons. The Bertz CT molecular complexity index is 726. The van der Waals surface area contributed by atoms with E-state index in [0.29, 0.717) is 31.7 Å². The Balaban J connectivity index is 2.59. The van der Waals surface area contributed by atoms with E-state index < -0.39 is 5.41 Å². The smallest absolute Gasteiger partial charge is 0.226 e. The molecule has 3 nitrogen and oxygen atoms in total. The molecule has 0 saturated heterocycles. The molecule has 1 aromatic carbocycles. The van der Waals surface area contributed by atoms with Gasteiger partial charge in [0.2, 0.25) is 5.91 Å². The number of hydrogen-bond donors (Lipinski definition) is 1. The molecule has 0 heterocycles. The van der Waals surface area contributed by atoms with E-state index in [4.69, 9.17) is 0 Å². The molecule has 1 N–H and O–H groups in total. The summed E-state index contributed by atoms with van der Waals surface area (Å²) in [5.41, 5.74) is 1.56. The highest BCUT2D eigenvalue weighted by Crippen LogP contribution is 2.31. The molecular formula is C26H36N2O. The Kier molecular flexibility index (Phi) is 10.8. The molecular weight excluding hydrogens is 356 g/mol. The molecule has 0 aliphatic carbocycles. The van der Waals surface area contributed by atoms with Crippen molar-refractivity contribution in [3.05, 3.63) is 66.8 Å². The molecule has 0 saturated carbocycles. The Labute approximate surface area is 177 Å². The first-order valence-corrected chi connectivity index (χ1v) is 10.5. The van der Waals surface area contributed by atoms with Gasteiger partial charge in [0, 0.05) is 12.0 Å². The minimum atomic E-state index is -0.549. The minimum absolute atomic E-state index is 0.0110. The Morgan fingerprint density at radius 1 is 1.28 bits per heavy atom. The summed E-state index contributed by atoms with van der Waals surface area (Å²) in [6.45, 7) is 14.2. The molecule has 1 amide bonds. The van der Waals surface area contributed by atoms with Gasteiger partial charge in [-0.3, -0.25) is 4.79 Å². The maximum atomic E-state index is 12.9. The number of carbonyl (C=O) groups excluding carboxylic acids is 1. The summed E-state index contributed by atoms with van der Waals surface area (Å²) in [6.07, 6.45) is 12.0. The van der Waals surface area contributed by atoms with E-state index in [1.165, 1.54) is 0 Å². The highest BCUT2D eigenvalue weighted by molar-refractivity contribution is 5.82. The van der Waals surface area contributed by atoms with Crippen molar-refractivity contribution in [1.82, 2.24) is 5.32 Å². The number of carbonyl (C=O) groups is 1. The Morgan fingerprint density at radius 3 is 2.52 bits per heavy atom. The third-order valence-corrected chi connectivity index (χ3v) is 5.65. The van der Waals surface area contributed by atoms with E-state index in [2.05, 4.69) is 43.6 Å². The van der Waals surface area contributed by atoms with Crippen molar-refractivity contribution < 1.29 is 4.79 Å². The quantitative estimate of drug-likeness (QED) is 0.393. The summed E-state index contributed by atoms with van der Waals surface area (Å²) in [5, 5.41) is 12.6. The van der Waals surface area contributed by atoms with Crippen LogP contribution in [0, 0.1) is 28.6 Å². The second kappa shape index (κ2) is 12.8. The third-order valence-electron chi connectivity index (χ3n) is 5.65. The van der Waals surface area contributed by atoms with Gasteiger partial charge in [0.05, 0.1) is 12.0 Å². The highest BCUT2D eigenvalue weighted by atomic mass is 16.2. The highest BCUT2D eigenvalue weighted by Gasteiger charge is 2.33. The van der Waals surface area contributed by atoms with Crippen LogP contribution in [0.3, 0.4) is 0 Å². The first-order valence-electron chi connectivity index (χ1n) is 10.5.